The number of benzene rings is 3. The fraction of sp³-hybridized carbons (Fsp3) is 0.375. The van der Waals surface area contributed by atoms with E-state index in [1.165, 1.54) is 25.3 Å². The molecule has 44 heavy (non-hydrogen) atoms. The first-order chi connectivity index (χ1) is 21.0. The molecular formula is C32H31F4N3O5. The summed E-state index contributed by atoms with van der Waals surface area (Å²) in [6, 6.07) is 11.6. The monoisotopic (exact) mass is 613 g/mol. The number of carbonyl (C=O) groups is 1. The van der Waals surface area contributed by atoms with E-state index in [0.717, 1.165) is 12.5 Å². The molecule has 2 aliphatic rings. The van der Waals surface area contributed by atoms with E-state index in [-0.39, 0.29) is 42.1 Å². The van der Waals surface area contributed by atoms with E-state index >= 15 is 4.39 Å². The number of alkyl halides is 3. The molecule has 0 radical (unpaired) electrons. The van der Waals surface area contributed by atoms with E-state index in [0.29, 0.717) is 59.9 Å². The summed E-state index contributed by atoms with van der Waals surface area (Å²) >= 11 is 0. The van der Waals surface area contributed by atoms with E-state index in [4.69, 9.17) is 14.2 Å². The molecule has 0 unspecified atom stereocenters. The molecular weight excluding hydrogens is 582 g/mol. The molecule has 3 aromatic carbocycles. The van der Waals surface area contributed by atoms with E-state index in [1.54, 1.807) is 28.8 Å². The van der Waals surface area contributed by atoms with Crippen LogP contribution in [0.3, 0.4) is 0 Å². The largest absolute Gasteiger partial charge is 0.497 e. The third-order valence-corrected chi connectivity index (χ3v) is 8.42. The van der Waals surface area contributed by atoms with Crippen molar-refractivity contribution in [1.82, 2.24) is 14.5 Å². The highest BCUT2D eigenvalue weighted by molar-refractivity contribution is 5.92. The first-order valence-electron chi connectivity index (χ1n) is 14.3. The van der Waals surface area contributed by atoms with Gasteiger partial charge < -0.3 is 23.9 Å². The topological polar surface area (TPSA) is 86.0 Å². The molecule has 1 fully saturated rings. The Morgan fingerprint density at radius 2 is 1.91 bits per heavy atom. The zero-order valence-corrected chi connectivity index (χ0v) is 24.2. The summed E-state index contributed by atoms with van der Waals surface area (Å²) in [5, 5.41) is 9.50. The Labute approximate surface area is 250 Å². The number of aromatic nitrogens is 2. The van der Waals surface area contributed by atoms with Gasteiger partial charge in [-0.05, 0) is 72.9 Å². The number of ether oxygens (including phenoxy) is 3. The zero-order chi connectivity index (χ0) is 31.2. The highest BCUT2D eigenvalue weighted by Gasteiger charge is 2.37. The third-order valence-electron chi connectivity index (χ3n) is 8.42. The average molecular weight is 614 g/mol. The van der Waals surface area contributed by atoms with Crippen LogP contribution >= 0.6 is 0 Å². The van der Waals surface area contributed by atoms with Gasteiger partial charge in [0, 0.05) is 19.2 Å². The lowest BCUT2D eigenvalue weighted by Crippen LogP contribution is -2.36. The van der Waals surface area contributed by atoms with E-state index in [2.05, 4.69) is 9.88 Å². The minimum absolute atomic E-state index is 0.0545. The average Bonchev–Trinajstić information content (AvgIpc) is 3.32. The van der Waals surface area contributed by atoms with Gasteiger partial charge in [-0.3, -0.25) is 4.90 Å². The van der Waals surface area contributed by atoms with Crippen LogP contribution in [0.1, 0.15) is 57.8 Å². The number of nitrogens with zero attached hydrogens (tertiary/aromatic N) is 3. The van der Waals surface area contributed by atoms with Crippen LogP contribution in [0.4, 0.5) is 17.6 Å². The summed E-state index contributed by atoms with van der Waals surface area (Å²) in [5.74, 6) is -1.07. The van der Waals surface area contributed by atoms with Crippen molar-refractivity contribution in [2.75, 3.05) is 20.3 Å². The number of halogens is 4. The highest BCUT2D eigenvalue weighted by atomic mass is 19.4. The maximum absolute atomic E-state index is 15.0. The van der Waals surface area contributed by atoms with Gasteiger partial charge in [0.1, 0.15) is 29.4 Å². The second kappa shape index (κ2) is 11.7. The number of methoxy groups -OCH3 is 1. The molecule has 12 heteroatoms. The SMILES string of the molecule is COc1ccc(COc2cc3c(cc2C(F)(F)F)CCN(Cc2nc4c(F)cc(C(=O)O)cc4n2C[C@@H]2CCO2)[C@H]3C)cc1. The Morgan fingerprint density at radius 1 is 1.16 bits per heavy atom. The second-order valence-electron chi connectivity index (χ2n) is 11.1. The van der Waals surface area contributed by atoms with Crippen LogP contribution in [0.2, 0.25) is 0 Å². The fourth-order valence-corrected chi connectivity index (χ4v) is 5.83. The predicted octanol–water partition coefficient (Wildman–Crippen LogP) is 6.39. The lowest BCUT2D eigenvalue weighted by molar-refractivity contribution is -0.139. The lowest BCUT2D eigenvalue weighted by Gasteiger charge is -2.36. The summed E-state index contributed by atoms with van der Waals surface area (Å²) < 4.78 is 75.6. The molecule has 0 spiro atoms. The van der Waals surface area contributed by atoms with Crippen molar-refractivity contribution in [3.63, 3.8) is 0 Å². The Kier molecular flexibility index (Phi) is 7.97. The molecule has 1 aromatic heterocycles. The molecule has 2 atom stereocenters. The van der Waals surface area contributed by atoms with E-state index in [9.17, 15) is 23.1 Å². The van der Waals surface area contributed by atoms with Crippen molar-refractivity contribution in [2.45, 2.75) is 57.8 Å². The number of aromatic carboxylic acids is 1. The van der Waals surface area contributed by atoms with E-state index < -0.39 is 23.5 Å². The van der Waals surface area contributed by atoms with Crippen molar-refractivity contribution >= 4 is 17.0 Å². The third kappa shape index (κ3) is 5.83. The molecule has 0 saturated carbocycles. The quantitative estimate of drug-likeness (QED) is 0.219. The van der Waals surface area contributed by atoms with Crippen LogP contribution < -0.4 is 9.47 Å². The maximum atomic E-state index is 15.0. The Bertz CT molecular complexity index is 1700. The van der Waals surface area contributed by atoms with Crippen molar-refractivity contribution < 1.29 is 41.7 Å². The van der Waals surface area contributed by atoms with Gasteiger partial charge in [-0.2, -0.15) is 13.2 Å². The van der Waals surface area contributed by atoms with Gasteiger partial charge in [0.15, 0.2) is 5.82 Å². The molecule has 8 nitrogen and oxygen atoms in total. The summed E-state index contributed by atoms with van der Waals surface area (Å²) in [5.41, 5.74) is 1.42. The fourth-order valence-electron chi connectivity index (χ4n) is 5.83. The molecule has 3 heterocycles. The molecule has 2 aliphatic heterocycles. The lowest BCUT2D eigenvalue weighted by atomic mass is 9.91. The van der Waals surface area contributed by atoms with Gasteiger partial charge in [0.05, 0.1) is 42.9 Å². The molecule has 232 valence electrons. The first kappa shape index (κ1) is 29.9. The molecule has 0 amide bonds. The van der Waals surface area contributed by atoms with Gasteiger partial charge in [-0.1, -0.05) is 12.1 Å². The Hall–Kier alpha value is -4.16. The number of rotatable bonds is 9. The first-order valence-corrected chi connectivity index (χ1v) is 14.3. The minimum Gasteiger partial charge on any atom is -0.497 e. The minimum atomic E-state index is -4.60. The van der Waals surface area contributed by atoms with Crippen LogP contribution in [0, 0.1) is 5.82 Å². The van der Waals surface area contributed by atoms with Crippen LogP contribution in [-0.4, -0.2) is 51.9 Å². The van der Waals surface area contributed by atoms with E-state index in [1.807, 2.05) is 6.92 Å². The normalized spacial score (nSPS) is 18.6. The second-order valence-corrected chi connectivity index (χ2v) is 11.1. The summed E-state index contributed by atoms with van der Waals surface area (Å²) in [7, 11) is 1.53. The van der Waals surface area contributed by atoms with Crippen LogP contribution in [0.5, 0.6) is 11.5 Å². The number of hydrogen-bond donors (Lipinski definition) is 1. The molecule has 0 bridgehead atoms. The van der Waals surface area contributed by atoms with Crippen LogP contribution in [0.15, 0.2) is 48.5 Å². The van der Waals surface area contributed by atoms with Gasteiger partial charge >= 0.3 is 12.1 Å². The molecule has 1 saturated heterocycles. The van der Waals surface area contributed by atoms with Crippen LogP contribution in [0.25, 0.3) is 11.0 Å². The summed E-state index contributed by atoms with van der Waals surface area (Å²) in [6.45, 7) is 3.57. The smallest absolute Gasteiger partial charge is 0.419 e. The van der Waals surface area contributed by atoms with Gasteiger partial charge in [0.2, 0.25) is 0 Å². The standard InChI is InChI=1S/C32H31F4N3O5/c1-18-24-14-28(44-17-19-3-5-22(42-2)6-4-19)25(32(34,35)36)11-20(24)7-9-38(18)16-29-37-30-26(33)12-21(31(40)41)13-27(30)39(29)15-23-8-10-43-23/h3-6,11-14,18,23H,7-10,15-17H2,1-2H3,(H,40,41)/t18-,23-/m0/s1. The summed E-state index contributed by atoms with van der Waals surface area (Å²) in [4.78, 5) is 18.3. The Morgan fingerprint density at radius 3 is 2.55 bits per heavy atom. The van der Waals surface area contributed by atoms with Crippen molar-refractivity contribution in [1.29, 1.82) is 0 Å². The van der Waals surface area contributed by atoms with Crippen molar-refractivity contribution in [3.8, 4) is 11.5 Å². The van der Waals surface area contributed by atoms with Crippen molar-refractivity contribution in [2.24, 2.45) is 0 Å². The van der Waals surface area contributed by atoms with Crippen molar-refractivity contribution in [3.05, 3.63) is 88.0 Å². The predicted molar refractivity (Wildman–Crippen MR) is 152 cm³/mol. The zero-order valence-electron chi connectivity index (χ0n) is 24.2. The molecule has 6 rings (SSSR count). The van der Waals surface area contributed by atoms with Crippen LogP contribution in [-0.2, 0) is 37.0 Å². The summed E-state index contributed by atoms with van der Waals surface area (Å²) in [6.07, 6.45) is -3.52. The van der Waals surface area contributed by atoms with Gasteiger partial charge in [0.25, 0.3) is 0 Å². The highest BCUT2D eigenvalue weighted by Crippen LogP contribution is 2.42. The van der Waals surface area contributed by atoms with Gasteiger partial charge in [-0.25, -0.2) is 14.2 Å². The number of carboxylic acids is 1. The number of fused-ring (bicyclic) bond motifs is 2. The number of imidazole rings is 1. The molecule has 4 aromatic rings. The molecule has 1 N–H and O–H groups in total. The number of hydrogen-bond acceptors (Lipinski definition) is 6. The molecule has 0 aliphatic carbocycles. The van der Waals surface area contributed by atoms with Gasteiger partial charge in [-0.15, -0.1) is 0 Å². The Balaban J connectivity index is 1.31. The maximum Gasteiger partial charge on any atom is 0.419 e. The number of carboxylic acid groups (broad SMARTS) is 1.